The van der Waals surface area contributed by atoms with E-state index in [0.717, 1.165) is 32.5 Å². The average Bonchev–Trinajstić information content (AvgIpc) is 2.46. The normalized spacial score (nSPS) is 26.4. The number of rotatable bonds is 3. The molecule has 2 aliphatic rings. The molecular weight excluding hydrogens is 262 g/mol. The summed E-state index contributed by atoms with van der Waals surface area (Å²) in [5, 5.41) is 3.10. The molecule has 2 rings (SSSR count). The first-order valence-corrected chi connectivity index (χ1v) is 8.24. The molecular formula is C13H23N3O2S. The van der Waals surface area contributed by atoms with Crippen molar-refractivity contribution >= 4 is 23.6 Å². The van der Waals surface area contributed by atoms with E-state index in [2.05, 4.69) is 5.32 Å². The van der Waals surface area contributed by atoms with Gasteiger partial charge in [-0.05, 0) is 26.0 Å². The molecule has 0 aromatic heterocycles. The van der Waals surface area contributed by atoms with Gasteiger partial charge in [0.1, 0.15) is 0 Å². The first kappa shape index (κ1) is 14.7. The van der Waals surface area contributed by atoms with Crippen LogP contribution in [0.2, 0.25) is 0 Å². The highest BCUT2D eigenvalue weighted by molar-refractivity contribution is 7.99. The number of nitrogens with zero attached hydrogens (tertiary/aromatic N) is 2. The van der Waals surface area contributed by atoms with Gasteiger partial charge in [-0.25, -0.2) is 0 Å². The zero-order chi connectivity index (χ0) is 13.8. The molecule has 0 saturated carbocycles. The molecule has 19 heavy (non-hydrogen) atoms. The van der Waals surface area contributed by atoms with Crippen LogP contribution in [0.15, 0.2) is 0 Å². The largest absolute Gasteiger partial charge is 0.340 e. The third kappa shape index (κ3) is 3.42. The number of carbonyl (C=O) groups excluding carboxylic acids is 2. The van der Waals surface area contributed by atoms with Crippen molar-refractivity contribution in [3.8, 4) is 0 Å². The second-order valence-electron chi connectivity index (χ2n) is 5.22. The van der Waals surface area contributed by atoms with E-state index < -0.39 is 0 Å². The van der Waals surface area contributed by atoms with Crippen LogP contribution in [0.1, 0.15) is 19.8 Å². The molecule has 2 saturated heterocycles. The van der Waals surface area contributed by atoms with Crippen molar-refractivity contribution < 1.29 is 9.59 Å². The molecule has 0 bridgehead atoms. The van der Waals surface area contributed by atoms with Crippen LogP contribution in [0, 0.1) is 0 Å². The smallest absolute Gasteiger partial charge is 0.236 e. The zero-order valence-electron chi connectivity index (χ0n) is 11.7. The summed E-state index contributed by atoms with van der Waals surface area (Å²) in [5.74, 6) is 0.378. The lowest BCUT2D eigenvalue weighted by atomic mass is 10.0. The van der Waals surface area contributed by atoms with E-state index in [0.29, 0.717) is 13.1 Å². The van der Waals surface area contributed by atoms with E-state index in [1.165, 1.54) is 0 Å². The SMILES string of the molecule is CSC(C)C(=O)N1CCCC(N2CCNCC2=O)C1. The Balaban J connectivity index is 1.96. The second-order valence-corrected chi connectivity index (χ2v) is 6.40. The molecule has 2 unspecified atom stereocenters. The molecule has 0 aromatic rings. The number of hydrogen-bond donors (Lipinski definition) is 1. The number of nitrogens with one attached hydrogen (secondary N) is 1. The Labute approximate surface area is 119 Å². The number of amides is 2. The maximum Gasteiger partial charge on any atom is 0.236 e. The summed E-state index contributed by atoms with van der Waals surface area (Å²) in [6.45, 7) is 5.55. The molecule has 2 amide bonds. The average molecular weight is 285 g/mol. The maximum absolute atomic E-state index is 12.2. The molecule has 2 fully saturated rings. The van der Waals surface area contributed by atoms with Crippen molar-refractivity contribution in [1.82, 2.24) is 15.1 Å². The summed E-state index contributed by atoms with van der Waals surface area (Å²) in [4.78, 5) is 28.0. The first-order valence-electron chi connectivity index (χ1n) is 6.95. The number of piperazine rings is 1. The van der Waals surface area contributed by atoms with E-state index in [-0.39, 0.29) is 23.1 Å². The minimum atomic E-state index is 0.0116. The van der Waals surface area contributed by atoms with Crippen molar-refractivity contribution in [2.45, 2.75) is 31.1 Å². The highest BCUT2D eigenvalue weighted by atomic mass is 32.2. The molecule has 108 valence electrons. The Hall–Kier alpha value is -0.750. The van der Waals surface area contributed by atoms with Crippen LogP contribution in [-0.4, -0.2) is 71.9 Å². The van der Waals surface area contributed by atoms with Crippen molar-refractivity contribution in [1.29, 1.82) is 0 Å². The molecule has 6 heteroatoms. The van der Waals surface area contributed by atoms with Gasteiger partial charge in [0.15, 0.2) is 0 Å². The summed E-state index contributed by atoms with van der Waals surface area (Å²) in [7, 11) is 0. The lowest BCUT2D eigenvalue weighted by Crippen LogP contribution is -2.58. The standard InChI is InChI=1S/C13H23N3O2S/c1-10(19-2)13(18)15-6-3-4-11(9-15)16-7-5-14-8-12(16)17/h10-11,14H,3-9H2,1-2H3. The predicted octanol–water partition coefficient (Wildman–Crippen LogP) is 0.161. The van der Waals surface area contributed by atoms with Gasteiger partial charge in [-0.2, -0.15) is 11.8 Å². The quantitative estimate of drug-likeness (QED) is 0.803. The van der Waals surface area contributed by atoms with Crippen LogP contribution < -0.4 is 5.32 Å². The van der Waals surface area contributed by atoms with Gasteiger partial charge in [0.05, 0.1) is 11.8 Å². The van der Waals surface area contributed by atoms with E-state index in [4.69, 9.17) is 0 Å². The molecule has 5 nitrogen and oxygen atoms in total. The van der Waals surface area contributed by atoms with Gasteiger partial charge in [-0.15, -0.1) is 0 Å². The van der Waals surface area contributed by atoms with E-state index in [9.17, 15) is 9.59 Å². The molecule has 2 aliphatic heterocycles. The fraction of sp³-hybridized carbons (Fsp3) is 0.846. The molecule has 0 radical (unpaired) electrons. The number of likely N-dealkylation sites (tertiary alicyclic amines) is 1. The van der Waals surface area contributed by atoms with Crippen LogP contribution in [0.3, 0.4) is 0 Å². The Bertz CT molecular complexity index is 351. The monoisotopic (exact) mass is 285 g/mol. The Morgan fingerprint density at radius 1 is 1.47 bits per heavy atom. The molecule has 1 N–H and O–H groups in total. The number of hydrogen-bond acceptors (Lipinski definition) is 4. The van der Waals surface area contributed by atoms with Crippen molar-refractivity contribution in [2.24, 2.45) is 0 Å². The van der Waals surface area contributed by atoms with Crippen LogP contribution in [0.25, 0.3) is 0 Å². The summed E-state index contributed by atoms with van der Waals surface area (Å²) in [5.41, 5.74) is 0. The van der Waals surface area contributed by atoms with Gasteiger partial charge in [-0.1, -0.05) is 0 Å². The van der Waals surface area contributed by atoms with E-state index in [1.54, 1.807) is 11.8 Å². The highest BCUT2D eigenvalue weighted by Gasteiger charge is 2.32. The van der Waals surface area contributed by atoms with E-state index in [1.807, 2.05) is 23.0 Å². The maximum atomic E-state index is 12.2. The third-order valence-electron chi connectivity index (χ3n) is 3.98. The van der Waals surface area contributed by atoms with Crippen LogP contribution in [0.4, 0.5) is 0 Å². The summed E-state index contributed by atoms with van der Waals surface area (Å²) < 4.78 is 0. The first-order chi connectivity index (χ1) is 9.13. The number of piperidine rings is 1. The van der Waals surface area contributed by atoms with Crippen LogP contribution in [-0.2, 0) is 9.59 Å². The van der Waals surface area contributed by atoms with E-state index >= 15 is 0 Å². The Morgan fingerprint density at radius 3 is 2.95 bits per heavy atom. The van der Waals surface area contributed by atoms with Crippen molar-refractivity contribution in [3.05, 3.63) is 0 Å². The molecule has 0 aliphatic carbocycles. The minimum Gasteiger partial charge on any atom is -0.340 e. The molecule has 2 atom stereocenters. The Kier molecular flexibility index (Phi) is 5.10. The van der Waals surface area contributed by atoms with Gasteiger partial charge in [0.2, 0.25) is 11.8 Å². The summed E-state index contributed by atoms with van der Waals surface area (Å²) in [6, 6.07) is 0.210. The topological polar surface area (TPSA) is 52.7 Å². The molecule has 2 heterocycles. The van der Waals surface area contributed by atoms with Gasteiger partial charge < -0.3 is 15.1 Å². The van der Waals surface area contributed by atoms with Gasteiger partial charge in [0, 0.05) is 32.2 Å². The van der Waals surface area contributed by atoms with Crippen molar-refractivity contribution in [2.75, 3.05) is 39.0 Å². The second kappa shape index (κ2) is 6.61. The summed E-state index contributed by atoms with van der Waals surface area (Å²) >= 11 is 1.58. The van der Waals surface area contributed by atoms with Crippen molar-refractivity contribution in [3.63, 3.8) is 0 Å². The lowest BCUT2D eigenvalue weighted by Gasteiger charge is -2.41. The number of carbonyl (C=O) groups is 2. The number of thioether (sulfide) groups is 1. The summed E-state index contributed by atoms with van der Waals surface area (Å²) in [6.07, 6.45) is 3.97. The lowest BCUT2D eigenvalue weighted by molar-refractivity contribution is -0.140. The highest BCUT2D eigenvalue weighted by Crippen LogP contribution is 2.19. The van der Waals surface area contributed by atoms with Gasteiger partial charge >= 0.3 is 0 Å². The minimum absolute atomic E-state index is 0.0116. The Morgan fingerprint density at radius 2 is 2.26 bits per heavy atom. The van der Waals surface area contributed by atoms with Gasteiger partial charge in [-0.3, -0.25) is 9.59 Å². The predicted molar refractivity (Wildman–Crippen MR) is 77.2 cm³/mol. The molecule has 0 aromatic carbocycles. The van der Waals surface area contributed by atoms with Crippen LogP contribution in [0.5, 0.6) is 0 Å². The molecule has 0 spiro atoms. The fourth-order valence-electron chi connectivity index (χ4n) is 2.77. The fourth-order valence-corrected chi connectivity index (χ4v) is 3.13. The third-order valence-corrected chi connectivity index (χ3v) is 4.89. The van der Waals surface area contributed by atoms with Gasteiger partial charge in [0.25, 0.3) is 0 Å². The van der Waals surface area contributed by atoms with Crippen LogP contribution >= 0.6 is 11.8 Å². The zero-order valence-corrected chi connectivity index (χ0v) is 12.5.